The first kappa shape index (κ1) is 28.7. The monoisotopic (exact) mass is 472 g/mol. The predicted molar refractivity (Wildman–Crippen MR) is 131 cm³/mol. The van der Waals surface area contributed by atoms with Crippen LogP contribution in [-0.4, -0.2) is 102 Å². The van der Waals surface area contributed by atoms with Crippen LogP contribution in [0.4, 0.5) is 0 Å². The number of hydrogen-bond acceptors (Lipinski definition) is 6. The summed E-state index contributed by atoms with van der Waals surface area (Å²) in [5.41, 5.74) is 5.03. The zero-order valence-electron chi connectivity index (χ0n) is 20.9. The summed E-state index contributed by atoms with van der Waals surface area (Å²) in [5, 5.41) is 0. The number of amides is 3. The Hall–Kier alpha value is -1.32. The maximum absolute atomic E-state index is 13.4. The van der Waals surface area contributed by atoms with Crippen LogP contribution in [0, 0.1) is 0 Å². The minimum absolute atomic E-state index is 0.0650. The molecule has 1 aliphatic heterocycles. The Morgan fingerprint density at radius 3 is 2.28 bits per heavy atom. The molecule has 1 saturated heterocycles. The summed E-state index contributed by atoms with van der Waals surface area (Å²) >= 11 is 1.68. The third kappa shape index (κ3) is 9.27. The molecular weight excluding hydrogens is 428 g/mol. The van der Waals surface area contributed by atoms with Gasteiger partial charge < -0.3 is 25.2 Å². The van der Waals surface area contributed by atoms with Gasteiger partial charge in [-0.3, -0.25) is 14.4 Å². The van der Waals surface area contributed by atoms with Crippen molar-refractivity contribution in [3.05, 3.63) is 0 Å². The highest BCUT2D eigenvalue weighted by Gasteiger charge is 2.36. The van der Waals surface area contributed by atoms with Gasteiger partial charge in [-0.1, -0.05) is 6.92 Å². The van der Waals surface area contributed by atoms with Crippen molar-refractivity contribution >= 4 is 29.5 Å². The van der Waals surface area contributed by atoms with Crippen LogP contribution in [-0.2, 0) is 19.1 Å². The minimum atomic E-state index is -0.810. The van der Waals surface area contributed by atoms with Gasteiger partial charge in [0.1, 0.15) is 12.1 Å². The number of hydrogen-bond donors (Lipinski definition) is 1. The van der Waals surface area contributed by atoms with Gasteiger partial charge in [0, 0.05) is 39.8 Å². The minimum Gasteiger partial charge on any atom is -0.379 e. The molecule has 1 rings (SSSR count). The van der Waals surface area contributed by atoms with Crippen molar-refractivity contribution in [1.82, 2.24) is 14.7 Å². The number of thioether (sulfide) groups is 1. The van der Waals surface area contributed by atoms with E-state index in [1.54, 1.807) is 33.0 Å². The number of nitrogens with zero attached hydrogens (tertiary/aromatic N) is 3. The highest BCUT2D eigenvalue weighted by Crippen LogP contribution is 2.21. The first-order valence-electron chi connectivity index (χ1n) is 11.7. The fraction of sp³-hybridized carbons (Fsp3) is 0.870. The Morgan fingerprint density at radius 1 is 1.12 bits per heavy atom. The van der Waals surface area contributed by atoms with Crippen molar-refractivity contribution in [2.24, 2.45) is 5.73 Å². The van der Waals surface area contributed by atoms with Crippen LogP contribution in [0.1, 0.15) is 59.3 Å². The lowest BCUT2D eigenvalue weighted by Crippen LogP contribution is -2.56. The van der Waals surface area contributed by atoms with Gasteiger partial charge >= 0.3 is 0 Å². The number of rotatable bonds is 15. The Bertz CT molecular complexity index is 611. The molecule has 32 heavy (non-hydrogen) atoms. The summed E-state index contributed by atoms with van der Waals surface area (Å²) in [6.07, 6.45) is 5.00. The van der Waals surface area contributed by atoms with Gasteiger partial charge in [-0.05, 0) is 64.9 Å². The second-order valence-corrected chi connectivity index (χ2v) is 10.4. The molecule has 3 amide bonds. The maximum atomic E-state index is 13.4. The summed E-state index contributed by atoms with van der Waals surface area (Å²) < 4.78 is 5.44. The lowest BCUT2D eigenvalue weighted by molar-refractivity contribution is -0.147. The number of likely N-dealkylation sites (tertiary alicyclic amines) is 1. The molecule has 186 valence electrons. The van der Waals surface area contributed by atoms with E-state index in [0.29, 0.717) is 12.2 Å². The number of likely N-dealkylation sites (N-methyl/N-ethyl adjacent to an activating group) is 2. The fourth-order valence-corrected chi connectivity index (χ4v) is 4.96. The van der Waals surface area contributed by atoms with E-state index < -0.39 is 23.6 Å². The molecule has 8 nitrogen and oxygen atoms in total. The van der Waals surface area contributed by atoms with E-state index in [1.807, 2.05) is 20.8 Å². The van der Waals surface area contributed by atoms with Crippen LogP contribution in [0.15, 0.2) is 0 Å². The molecule has 0 aromatic rings. The predicted octanol–water partition coefficient (Wildman–Crippen LogP) is 1.96. The molecule has 0 saturated carbocycles. The molecule has 2 atom stereocenters. The number of primary amides is 1. The Labute approximate surface area is 198 Å². The van der Waals surface area contributed by atoms with Crippen LogP contribution >= 0.6 is 11.8 Å². The molecule has 1 aliphatic rings. The summed E-state index contributed by atoms with van der Waals surface area (Å²) in [5.74, 6) is 0.513. The van der Waals surface area contributed by atoms with Crippen molar-refractivity contribution in [1.29, 1.82) is 0 Å². The number of carbonyl (C=O) groups excluding carboxylic acids is 3. The molecule has 0 bridgehead atoms. The molecular formula is C23H44N4O4S. The van der Waals surface area contributed by atoms with Gasteiger partial charge in [0.05, 0.1) is 5.60 Å². The summed E-state index contributed by atoms with van der Waals surface area (Å²) in [7, 11) is 4.84. The second kappa shape index (κ2) is 14.1. The Balaban J connectivity index is 2.83. The quantitative estimate of drug-likeness (QED) is 0.366. The Morgan fingerprint density at radius 2 is 1.75 bits per heavy atom. The van der Waals surface area contributed by atoms with Crippen LogP contribution in [0.3, 0.4) is 0 Å². The highest BCUT2D eigenvalue weighted by molar-refractivity contribution is 7.99. The number of nitrogens with two attached hydrogens (primary N) is 1. The average Bonchev–Trinajstić information content (AvgIpc) is 3.26. The molecule has 1 heterocycles. The molecule has 0 aromatic carbocycles. The number of methoxy groups -OCH3 is 1. The van der Waals surface area contributed by atoms with Gasteiger partial charge in [-0.15, -0.1) is 0 Å². The van der Waals surface area contributed by atoms with Crippen LogP contribution in [0.25, 0.3) is 0 Å². The lowest BCUT2D eigenvalue weighted by atomic mass is 9.97. The van der Waals surface area contributed by atoms with Gasteiger partial charge in [0.25, 0.3) is 0 Å². The molecule has 1 fully saturated rings. The van der Waals surface area contributed by atoms with Gasteiger partial charge in [-0.25, -0.2) is 0 Å². The third-order valence-corrected chi connectivity index (χ3v) is 7.36. The summed E-state index contributed by atoms with van der Waals surface area (Å²) in [6, 6.07) is -1.45. The zero-order valence-corrected chi connectivity index (χ0v) is 21.7. The van der Waals surface area contributed by atoms with Gasteiger partial charge in [0.15, 0.2) is 0 Å². The van der Waals surface area contributed by atoms with E-state index in [0.717, 1.165) is 25.1 Å². The van der Waals surface area contributed by atoms with Crippen molar-refractivity contribution in [2.45, 2.75) is 77.0 Å². The molecule has 9 heteroatoms. The molecule has 0 aromatic heterocycles. The first-order valence-corrected chi connectivity index (χ1v) is 12.9. The van der Waals surface area contributed by atoms with Crippen molar-refractivity contribution < 1.29 is 19.1 Å². The van der Waals surface area contributed by atoms with E-state index >= 15 is 0 Å². The van der Waals surface area contributed by atoms with E-state index in [4.69, 9.17) is 10.5 Å². The van der Waals surface area contributed by atoms with Crippen molar-refractivity contribution in [3.8, 4) is 0 Å². The van der Waals surface area contributed by atoms with Gasteiger partial charge in [0.2, 0.25) is 17.7 Å². The van der Waals surface area contributed by atoms with Crippen LogP contribution in [0.2, 0.25) is 0 Å². The number of ether oxygens (including phenoxy) is 1. The topological polar surface area (TPSA) is 96.2 Å². The summed E-state index contributed by atoms with van der Waals surface area (Å²) in [6.45, 7) is 9.08. The Kier molecular flexibility index (Phi) is 12.6. The molecule has 0 spiro atoms. The average molecular weight is 473 g/mol. The van der Waals surface area contributed by atoms with Crippen LogP contribution < -0.4 is 5.73 Å². The third-order valence-electron chi connectivity index (χ3n) is 6.23. The van der Waals surface area contributed by atoms with E-state index in [9.17, 15) is 14.4 Å². The van der Waals surface area contributed by atoms with Crippen molar-refractivity contribution in [3.63, 3.8) is 0 Å². The standard InChI is InChI=1S/C23H44N4O4S/c1-7-11-20(28)25(4)19(17-32-15-10-14-27-12-8-9-13-27)22(30)26(5)18(21(24)29)16-23(2,3)31-6/h18-19H,7-17H2,1-6H3,(H2,24,29)/t18-,19+/m0/s1. The second-order valence-electron chi connectivity index (χ2n) is 9.28. The molecule has 0 unspecified atom stereocenters. The summed E-state index contributed by atoms with van der Waals surface area (Å²) in [4.78, 5) is 43.6. The van der Waals surface area contributed by atoms with E-state index in [1.165, 1.54) is 35.7 Å². The van der Waals surface area contributed by atoms with Gasteiger partial charge in [-0.2, -0.15) is 11.8 Å². The smallest absolute Gasteiger partial charge is 0.246 e. The molecule has 0 radical (unpaired) electrons. The first-order chi connectivity index (χ1) is 15.0. The SMILES string of the molecule is CCCC(=O)N(C)[C@H](CSCCCN1CCCC1)C(=O)N(C)[C@@H](CC(C)(C)OC)C(N)=O. The number of carbonyl (C=O) groups is 3. The zero-order chi connectivity index (χ0) is 24.3. The lowest BCUT2D eigenvalue weighted by Gasteiger charge is -2.36. The fourth-order valence-electron chi connectivity index (χ4n) is 3.87. The highest BCUT2D eigenvalue weighted by atomic mass is 32.2. The molecule has 0 aliphatic carbocycles. The largest absolute Gasteiger partial charge is 0.379 e. The molecule has 2 N–H and O–H groups in total. The maximum Gasteiger partial charge on any atom is 0.246 e. The van der Waals surface area contributed by atoms with E-state index in [-0.39, 0.29) is 18.2 Å². The van der Waals surface area contributed by atoms with Crippen molar-refractivity contribution in [2.75, 3.05) is 52.3 Å². The normalized spacial score (nSPS) is 16.6. The van der Waals surface area contributed by atoms with E-state index in [2.05, 4.69) is 4.90 Å². The van der Waals surface area contributed by atoms with Crippen LogP contribution in [0.5, 0.6) is 0 Å².